The molecule has 1 aliphatic heterocycles. The molecular weight excluding hydrogens is 199 g/mol. The van der Waals surface area contributed by atoms with Gasteiger partial charge in [0.1, 0.15) is 6.61 Å². The summed E-state index contributed by atoms with van der Waals surface area (Å²) in [6, 6.07) is 0. The van der Waals surface area contributed by atoms with Crippen molar-refractivity contribution in [2.75, 3.05) is 33.0 Å². The highest BCUT2D eigenvalue weighted by atomic mass is 19.4. The zero-order valence-electron chi connectivity index (χ0n) is 7.77. The molecule has 0 bridgehead atoms. The van der Waals surface area contributed by atoms with Crippen molar-refractivity contribution >= 4 is 0 Å². The number of halogens is 3. The summed E-state index contributed by atoms with van der Waals surface area (Å²) in [5.41, 5.74) is 5.07. The summed E-state index contributed by atoms with van der Waals surface area (Å²) in [5, 5.41) is 0. The Labute approximate surface area is 80.4 Å². The van der Waals surface area contributed by atoms with Crippen molar-refractivity contribution in [3.63, 3.8) is 0 Å². The van der Waals surface area contributed by atoms with Gasteiger partial charge in [0.15, 0.2) is 0 Å². The number of nitrogens with two attached hydrogens (primary N) is 1. The third kappa shape index (κ3) is 3.43. The van der Waals surface area contributed by atoms with Crippen molar-refractivity contribution in [3.05, 3.63) is 0 Å². The molecule has 0 radical (unpaired) electrons. The summed E-state index contributed by atoms with van der Waals surface area (Å²) in [6.07, 6.45) is -3.60. The van der Waals surface area contributed by atoms with Gasteiger partial charge in [-0.25, -0.2) is 0 Å². The smallest absolute Gasteiger partial charge is 0.381 e. The van der Waals surface area contributed by atoms with Crippen molar-refractivity contribution < 1.29 is 22.6 Å². The molecule has 0 aromatic heterocycles. The first kappa shape index (κ1) is 11.7. The summed E-state index contributed by atoms with van der Waals surface area (Å²) < 4.78 is 45.0. The quantitative estimate of drug-likeness (QED) is 0.755. The zero-order chi connectivity index (χ0) is 10.7. The van der Waals surface area contributed by atoms with Crippen molar-refractivity contribution in [2.24, 2.45) is 11.1 Å². The summed E-state index contributed by atoms with van der Waals surface area (Å²) >= 11 is 0. The largest absolute Gasteiger partial charge is 0.411 e. The lowest BCUT2D eigenvalue weighted by molar-refractivity contribution is -0.180. The van der Waals surface area contributed by atoms with Crippen LogP contribution in [-0.2, 0) is 9.47 Å². The second kappa shape index (κ2) is 4.46. The number of rotatable bonds is 4. The van der Waals surface area contributed by atoms with Crippen molar-refractivity contribution in [3.8, 4) is 0 Å². The third-order valence-electron chi connectivity index (χ3n) is 2.29. The Morgan fingerprint density at radius 2 is 2.14 bits per heavy atom. The average Bonchev–Trinajstić information content (AvgIpc) is 2.52. The predicted octanol–water partition coefficient (Wildman–Crippen LogP) is 0.931. The minimum Gasteiger partial charge on any atom is -0.381 e. The summed E-state index contributed by atoms with van der Waals surface area (Å²) in [4.78, 5) is 0. The summed E-state index contributed by atoms with van der Waals surface area (Å²) in [6.45, 7) is 0.0382. The zero-order valence-corrected chi connectivity index (χ0v) is 7.77. The molecule has 2 N–H and O–H groups in total. The first-order chi connectivity index (χ1) is 6.47. The van der Waals surface area contributed by atoms with Crippen LogP contribution in [0.15, 0.2) is 0 Å². The van der Waals surface area contributed by atoms with E-state index in [1.807, 2.05) is 0 Å². The average molecular weight is 213 g/mol. The van der Waals surface area contributed by atoms with Crippen LogP contribution in [0.25, 0.3) is 0 Å². The van der Waals surface area contributed by atoms with Gasteiger partial charge in [-0.2, -0.15) is 13.2 Å². The third-order valence-corrected chi connectivity index (χ3v) is 2.29. The molecule has 3 nitrogen and oxygen atoms in total. The first-order valence-electron chi connectivity index (χ1n) is 4.40. The van der Waals surface area contributed by atoms with Gasteiger partial charge < -0.3 is 15.2 Å². The maximum absolute atomic E-state index is 11.8. The second-order valence-corrected chi connectivity index (χ2v) is 3.61. The van der Waals surface area contributed by atoms with Crippen LogP contribution in [0, 0.1) is 5.41 Å². The van der Waals surface area contributed by atoms with E-state index in [0.29, 0.717) is 26.2 Å². The lowest BCUT2D eigenvalue weighted by Gasteiger charge is -2.25. The normalized spacial score (nSPS) is 28.3. The van der Waals surface area contributed by atoms with Crippen LogP contribution in [0.2, 0.25) is 0 Å². The molecule has 0 amide bonds. The molecule has 1 atom stereocenters. The Bertz CT molecular complexity index is 178. The van der Waals surface area contributed by atoms with Gasteiger partial charge in [-0.05, 0) is 6.42 Å². The molecule has 84 valence electrons. The topological polar surface area (TPSA) is 44.5 Å². The van der Waals surface area contributed by atoms with Crippen LogP contribution in [0.4, 0.5) is 13.2 Å². The minimum atomic E-state index is -4.27. The van der Waals surface area contributed by atoms with Crippen LogP contribution in [0.5, 0.6) is 0 Å². The number of alkyl halides is 3. The summed E-state index contributed by atoms with van der Waals surface area (Å²) in [5.74, 6) is 0. The van der Waals surface area contributed by atoms with E-state index in [2.05, 4.69) is 4.74 Å². The number of hydrogen-bond donors (Lipinski definition) is 1. The Kier molecular flexibility index (Phi) is 3.74. The molecule has 1 rings (SSSR count). The molecule has 6 heteroatoms. The van der Waals surface area contributed by atoms with Gasteiger partial charge in [-0.3, -0.25) is 0 Å². The van der Waals surface area contributed by atoms with Crippen LogP contribution in [0.3, 0.4) is 0 Å². The highest BCUT2D eigenvalue weighted by Gasteiger charge is 2.36. The lowest BCUT2D eigenvalue weighted by atomic mass is 9.89. The Balaban J connectivity index is 2.28. The van der Waals surface area contributed by atoms with E-state index < -0.39 is 18.2 Å². The SMILES string of the molecule is NCC1(COCC(F)(F)F)CCOC1. The molecule has 1 aliphatic rings. The monoisotopic (exact) mass is 213 g/mol. The van der Waals surface area contributed by atoms with Gasteiger partial charge in [-0.1, -0.05) is 0 Å². The second-order valence-electron chi connectivity index (χ2n) is 3.61. The molecule has 0 spiro atoms. The molecule has 1 unspecified atom stereocenters. The maximum Gasteiger partial charge on any atom is 0.411 e. The van der Waals surface area contributed by atoms with Crippen LogP contribution < -0.4 is 5.73 Å². The van der Waals surface area contributed by atoms with Gasteiger partial charge >= 0.3 is 6.18 Å². The Morgan fingerprint density at radius 3 is 2.57 bits per heavy atom. The molecule has 0 saturated carbocycles. The highest BCUT2D eigenvalue weighted by Crippen LogP contribution is 2.28. The van der Waals surface area contributed by atoms with Gasteiger partial charge in [0, 0.05) is 18.6 Å². The van der Waals surface area contributed by atoms with Crippen molar-refractivity contribution in [1.29, 1.82) is 0 Å². The van der Waals surface area contributed by atoms with Crippen LogP contribution in [-0.4, -0.2) is 39.1 Å². The standard InChI is InChI=1S/C8H14F3NO2/c9-8(10,11)6-14-5-7(3-12)1-2-13-4-7/h1-6,12H2. The Morgan fingerprint density at radius 1 is 1.43 bits per heavy atom. The highest BCUT2D eigenvalue weighted by molar-refractivity contribution is 4.84. The molecule has 1 saturated heterocycles. The predicted molar refractivity (Wildman–Crippen MR) is 43.8 cm³/mol. The Hall–Kier alpha value is -0.330. The van der Waals surface area contributed by atoms with Gasteiger partial charge in [-0.15, -0.1) is 0 Å². The molecule has 14 heavy (non-hydrogen) atoms. The van der Waals surface area contributed by atoms with Gasteiger partial charge in [0.05, 0.1) is 13.2 Å². The fourth-order valence-corrected chi connectivity index (χ4v) is 1.37. The van der Waals surface area contributed by atoms with Gasteiger partial charge in [0.2, 0.25) is 0 Å². The molecular formula is C8H14F3NO2. The van der Waals surface area contributed by atoms with Crippen molar-refractivity contribution in [1.82, 2.24) is 0 Å². The number of hydrogen-bond acceptors (Lipinski definition) is 3. The van der Waals surface area contributed by atoms with E-state index in [1.54, 1.807) is 0 Å². The van der Waals surface area contributed by atoms with E-state index in [0.717, 1.165) is 0 Å². The fourth-order valence-electron chi connectivity index (χ4n) is 1.37. The lowest BCUT2D eigenvalue weighted by Crippen LogP contribution is -2.37. The van der Waals surface area contributed by atoms with E-state index >= 15 is 0 Å². The summed E-state index contributed by atoms with van der Waals surface area (Å²) in [7, 11) is 0. The van der Waals surface area contributed by atoms with Crippen molar-refractivity contribution in [2.45, 2.75) is 12.6 Å². The maximum atomic E-state index is 11.8. The fraction of sp³-hybridized carbons (Fsp3) is 1.00. The van der Waals surface area contributed by atoms with Crippen LogP contribution >= 0.6 is 0 Å². The molecule has 0 aliphatic carbocycles. The van der Waals surface area contributed by atoms with E-state index in [-0.39, 0.29) is 6.61 Å². The minimum absolute atomic E-state index is 0.0169. The number of ether oxygens (including phenoxy) is 2. The van der Waals surface area contributed by atoms with Crippen LogP contribution in [0.1, 0.15) is 6.42 Å². The first-order valence-corrected chi connectivity index (χ1v) is 4.40. The molecule has 0 aromatic carbocycles. The molecule has 1 fully saturated rings. The molecule has 0 aromatic rings. The van der Waals surface area contributed by atoms with E-state index in [9.17, 15) is 13.2 Å². The molecule has 1 heterocycles. The van der Waals surface area contributed by atoms with Gasteiger partial charge in [0.25, 0.3) is 0 Å². The van der Waals surface area contributed by atoms with E-state index in [1.165, 1.54) is 0 Å². The van der Waals surface area contributed by atoms with E-state index in [4.69, 9.17) is 10.5 Å².